The van der Waals surface area contributed by atoms with E-state index in [-0.39, 0.29) is 39.1 Å². The first-order valence-electron chi connectivity index (χ1n) is 6.34. The van der Waals surface area contributed by atoms with E-state index < -0.39 is 0 Å². The summed E-state index contributed by atoms with van der Waals surface area (Å²) in [4.78, 5) is 4.08. The van der Waals surface area contributed by atoms with Crippen LogP contribution in [0.5, 0.6) is 0 Å². The second-order valence-electron chi connectivity index (χ2n) is 4.25. The molecule has 0 bridgehead atoms. The monoisotopic (exact) mass is 382 g/mol. The van der Waals surface area contributed by atoms with Crippen molar-refractivity contribution in [3.05, 3.63) is 91.0 Å². The lowest BCUT2D eigenvalue weighted by Crippen LogP contribution is -3.00. The standard InChI is InChI=1S/C18H15S.6FH/c1-4-10-16(11-5-1)19(17-12-6-2-7-13-17)18-14-8-3-9-15-18;;;;;;/h1-15H;6*1H/q+1;;;;;;/p-1. The van der Waals surface area contributed by atoms with Gasteiger partial charge >= 0.3 is 0 Å². The smallest absolute Gasteiger partial charge is 0.166 e. The molecule has 0 saturated carbocycles. The van der Waals surface area contributed by atoms with Crippen molar-refractivity contribution in [2.24, 2.45) is 0 Å². The second kappa shape index (κ2) is 15.1. The molecule has 0 unspecified atom stereocenters. The van der Waals surface area contributed by atoms with Crippen molar-refractivity contribution >= 4 is 10.9 Å². The SMILES string of the molecule is F.F.F.F.F.[F-].c1ccc([S+](c2ccccc2)c2ccccc2)cc1. The van der Waals surface area contributed by atoms with Crippen LogP contribution in [0.15, 0.2) is 106 Å². The van der Waals surface area contributed by atoms with E-state index in [2.05, 4.69) is 91.0 Å². The van der Waals surface area contributed by atoms with Gasteiger partial charge < -0.3 is 4.70 Å². The summed E-state index contributed by atoms with van der Waals surface area (Å²) in [5.74, 6) is 0. The van der Waals surface area contributed by atoms with Crippen molar-refractivity contribution in [1.29, 1.82) is 0 Å². The van der Waals surface area contributed by atoms with Gasteiger partial charge in [-0.2, -0.15) is 0 Å². The van der Waals surface area contributed by atoms with Crippen LogP contribution in [-0.2, 0) is 10.9 Å². The van der Waals surface area contributed by atoms with Gasteiger partial charge in [-0.3, -0.25) is 23.5 Å². The van der Waals surface area contributed by atoms with E-state index in [1.807, 2.05) is 0 Å². The van der Waals surface area contributed by atoms with Gasteiger partial charge in [-0.25, -0.2) is 0 Å². The number of halogens is 6. The number of benzene rings is 3. The molecule has 0 saturated heterocycles. The predicted molar refractivity (Wildman–Crippen MR) is 94.0 cm³/mol. The summed E-state index contributed by atoms with van der Waals surface area (Å²) < 4.78 is 0. The number of hydrogen-bond acceptors (Lipinski definition) is 0. The molecule has 0 aromatic heterocycles. The first-order valence-corrected chi connectivity index (χ1v) is 7.57. The van der Waals surface area contributed by atoms with E-state index in [1.165, 1.54) is 14.7 Å². The molecule has 0 nitrogen and oxygen atoms in total. The molecular weight excluding hydrogens is 362 g/mol. The molecule has 3 rings (SSSR count). The van der Waals surface area contributed by atoms with Gasteiger partial charge in [-0.05, 0) is 36.4 Å². The molecule has 7 heteroatoms. The van der Waals surface area contributed by atoms with Crippen LogP contribution >= 0.6 is 0 Å². The highest BCUT2D eigenvalue weighted by atomic mass is 32.2. The van der Waals surface area contributed by atoms with Gasteiger partial charge in [0.1, 0.15) is 0 Å². The van der Waals surface area contributed by atoms with E-state index >= 15 is 0 Å². The third-order valence-electron chi connectivity index (χ3n) is 2.94. The van der Waals surface area contributed by atoms with Gasteiger partial charge in [-0.1, -0.05) is 54.6 Å². The Balaban J connectivity index is -0.000000367. The highest BCUT2D eigenvalue weighted by Crippen LogP contribution is 2.30. The third kappa shape index (κ3) is 7.34. The zero-order valence-corrected chi connectivity index (χ0v) is 13.8. The Hall–Kier alpha value is -2.41. The molecule has 3 aromatic carbocycles. The number of hydrogen-bond donors (Lipinski definition) is 0. The lowest BCUT2D eigenvalue weighted by atomic mass is 10.4. The molecule has 0 atom stereocenters. The van der Waals surface area contributed by atoms with Gasteiger partial charge in [0.05, 0.1) is 10.9 Å². The molecule has 0 aliphatic rings. The van der Waals surface area contributed by atoms with Gasteiger partial charge in [0.25, 0.3) is 0 Å². The second-order valence-corrected chi connectivity index (χ2v) is 6.27. The summed E-state index contributed by atoms with van der Waals surface area (Å²) in [7, 11) is -0.0146. The van der Waals surface area contributed by atoms with Crippen LogP contribution in [0.3, 0.4) is 0 Å². The van der Waals surface area contributed by atoms with E-state index in [4.69, 9.17) is 0 Å². The van der Waals surface area contributed by atoms with Gasteiger partial charge in [0, 0.05) is 0 Å². The fourth-order valence-corrected chi connectivity index (χ4v) is 4.18. The summed E-state index contributed by atoms with van der Waals surface area (Å²) in [6.45, 7) is 0. The molecule has 3 aromatic rings. The van der Waals surface area contributed by atoms with Crippen LogP contribution in [0.25, 0.3) is 0 Å². The summed E-state index contributed by atoms with van der Waals surface area (Å²) >= 11 is 0. The minimum atomic E-state index is -0.0146. The van der Waals surface area contributed by atoms with Crippen molar-refractivity contribution in [2.45, 2.75) is 14.7 Å². The van der Waals surface area contributed by atoms with Crippen LogP contribution in [0.1, 0.15) is 0 Å². The quantitative estimate of drug-likeness (QED) is 0.483. The van der Waals surface area contributed by atoms with Crippen LogP contribution < -0.4 is 4.70 Å². The fourth-order valence-electron chi connectivity index (χ4n) is 2.08. The molecule has 0 fully saturated rings. The Labute approximate surface area is 145 Å². The Morgan fingerprint density at radius 1 is 0.360 bits per heavy atom. The maximum atomic E-state index is 2.21. The molecule has 25 heavy (non-hydrogen) atoms. The van der Waals surface area contributed by atoms with Crippen molar-refractivity contribution in [3.8, 4) is 0 Å². The molecule has 0 radical (unpaired) electrons. The van der Waals surface area contributed by atoms with Crippen LogP contribution in [0.4, 0.5) is 23.5 Å². The van der Waals surface area contributed by atoms with Gasteiger partial charge in [-0.15, -0.1) is 0 Å². The Kier molecular flexibility index (Phi) is 18.4. The van der Waals surface area contributed by atoms with Gasteiger partial charge in [0.15, 0.2) is 14.7 Å². The fraction of sp³-hybridized carbons (Fsp3) is 0. The van der Waals surface area contributed by atoms with Crippen LogP contribution in [0, 0.1) is 0 Å². The molecular formula is C18H20F6S. The Morgan fingerprint density at radius 3 is 0.760 bits per heavy atom. The Morgan fingerprint density at radius 2 is 0.560 bits per heavy atom. The van der Waals surface area contributed by atoms with Crippen molar-refractivity contribution < 1.29 is 28.2 Å². The molecule has 0 heterocycles. The Bertz CT molecular complexity index is 544. The first-order chi connectivity index (χ1) is 9.45. The zero-order chi connectivity index (χ0) is 12.9. The first kappa shape index (κ1) is 30.5. The molecule has 0 aliphatic heterocycles. The van der Waals surface area contributed by atoms with Crippen LogP contribution in [-0.4, -0.2) is 0 Å². The minimum Gasteiger partial charge on any atom is -1.00 e. The van der Waals surface area contributed by atoms with Crippen LogP contribution in [0.2, 0.25) is 0 Å². The van der Waals surface area contributed by atoms with E-state index in [0.717, 1.165) is 0 Å². The highest BCUT2D eigenvalue weighted by Gasteiger charge is 2.27. The third-order valence-corrected chi connectivity index (χ3v) is 5.17. The molecule has 0 aliphatic carbocycles. The summed E-state index contributed by atoms with van der Waals surface area (Å²) in [5, 5.41) is 0. The van der Waals surface area contributed by atoms with Crippen molar-refractivity contribution in [3.63, 3.8) is 0 Å². The zero-order valence-electron chi connectivity index (χ0n) is 13.0. The van der Waals surface area contributed by atoms with E-state index in [9.17, 15) is 0 Å². The molecule has 0 N–H and O–H groups in total. The van der Waals surface area contributed by atoms with Crippen molar-refractivity contribution in [1.82, 2.24) is 0 Å². The summed E-state index contributed by atoms with van der Waals surface area (Å²) in [5.41, 5.74) is 0. The molecule has 0 spiro atoms. The van der Waals surface area contributed by atoms with E-state index in [0.29, 0.717) is 0 Å². The van der Waals surface area contributed by atoms with E-state index in [1.54, 1.807) is 0 Å². The maximum absolute atomic E-state index is 2.21. The maximum Gasteiger partial charge on any atom is 0.166 e. The highest BCUT2D eigenvalue weighted by molar-refractivity contribution is 7.97. The molecule has 0 amide bonds. The average molecular weight is 382 g/mol. The minimum absolute atomic E-state index is 0. The average Bonchev–Trinajstić information content (AvgIpc) is 2.51. The van der Waals surface area contributed by atoms with Crippen molar-refractivity contribution in [2.75, 3.05) is 0 Å². The molecule has 140 valence electrons. The van der Waals surface area contributed by atoms with Gasteiger partial charge in [0.2, 0.25) is 0 Å². The predicted octanol–water partition coefficient (Wildman–Crippen LogP) is 2.55. The lowest BCUT2D eigenvalue weighted by molar-refractivity contribution is -0.00000818. The lowest BCUT2D eigenvalue weighted by Gasteiger charge is -2.07. The topological polar surface area (TPSA) is 0 Å². The largest absolute Gasteiger partial charge is 1.00 e. The summed E-state index contributed by atoms with van der Waals surface area (Å²) in [6, 6.07) is 32.2. The number of rotatable bonds is 3. The normalized spacial score (nSPS) is 8.04. The summed E-state index contributed by atoms with van der Waals surface area (Å²) in [6.07, 6.45) is 0.